The van der Waals surface area contributed by atoms with Crippen molar-refractivity contribution in [3.05, 3.63) is 114 Å². The van der Waals surface area contributed by atoms with Crippen LogP contribution < -0.4 is 0 Å². The summed E-state index contributed by atoms with van der Waals surface area (Å²) in [6, 6.07) is 25.4. The molecule has 31 heavy (non-hydrogen) atoms. The smallest absolute Gasteiger partial charge is 0.331 e. The van der Waals surface area contributed by atoms with Crippen LogP contribution in [0.25, 0.3) is 6.08 Å². The number of esters is 1. The predicted molar refractivity (Wildman–Crippen MR) is 118 cm³/mol. The third kappa shape index (κ3) is 7.55. The predicted octanol–water partition coefficient (Wildman–Crippen LogP) is 4.65. The first kappa shape index (κ1) is 22.0. The third-order valence-corrected chi connectivity index (χ3v) is 4.68. The van der Waals surface area contributed by atoms with Crippen molar-refractivity contribution in [2.45, 2.75) is 13.0 Å². The van der Waals surface area contributed by atoms with Crippen LogP contribution in [0.15, 0.2) is 91.0 Å². The van der Waals surface area contributed by atoms with Gasteiger partial charge in [-0.1, -0.05) is 72.8 Å². The van der Waals surface area contributed by atoms with E-state index in [-0.39, 0.29) is 18.3 Å². The van der Waals surface area contributed by atoms with Crippen LogP contribution in [0.3, 0.4) is 0 Å². The van der Waals surface area contributed by atoms with E-state index in [0.29, 0.717) is 25.1 Å². The molecule has 0 aliphatic heterocycles. The van der Waals surface area contributed by atoms with E-state index in [1.165, 1.54) is 24.3 Å². The summed E-state index contributed by atoms with van der Waals surface area (Å²) in [7, 11) is 0. The zero-order valence-electron chi connectivity index (χ0n) is 17.1. The van der Waals surface area contributed by atoms with E-state index in [1.807, 2.05) is 60.7 Å². The number of carbonyl (C=O) groups is 2. The fourth-order valence-electron chi connectivity index (χ4n) is 3.05. The number of rotatable bonds is 9. The molecule has 0 aliphatic carbocycles. The van der Waals surface area contributed by atoms with Gasteiger partial charge in [0.1, 0.15) is 5.82 Å². The minimum Gasteiger partial charge on any atom is -0.452 e. The van der Waals surface area contributed by atoms with E-state index < -0.39 is 5.97 Å². The quantitative estimate of drug-likeness (QED) is 0.376. The van der Waals surface area contributed by atoms with Crippen molar-refractivity contribution in [1.29, 1.82) is 0 Å². The summed E-state index contributed by atoms with van der Waals surface area (Å²) in [5, 5.41) is 0. The molecule has 3 rings (SSSR count). The number of hydrogen-bond donors (Lipinski definition) is 0. The van der Waals surface area contributed by atoms with Crippen LogP contribution in [0.1, 0.15) is 16.7 Å². The Morgan fingerprint density at radius 3 is 2.23 bits per heavy atom. The summed E-state index contributed by atoms with van der Waals surface area (Å²) < 4.78 is 18.3. The van der Waals surface area contributed by atoms with Crippen molar-refractivity contribution in [2.24, 2.45) is 0 Å². The van der Waals surface area contributed by atoms with Crippen molar-refractivity contribution >= 4 is 18.0 Å². The highest BCUT2D eigenvalue weighted by Gasteiger charge is 2.16. The average molecular weight is 417 g/mol. The van der Waals surface area contributed by atoms with E-state index in [0.717, 1.165) is 11.1 Å². The van der Waals surface area contributed by atoms with E-state index in [1.54, 1.807) is 17.0 Å². The van der Waals surface area contributed by atoms with Crippen LogP contribution in [-0.2, 0) is 27.3 Å². The van der Waals surface area contributed by atoms with Gasteiger partial charge in [-0.25, -0.2) is 9.18 Å². The van der Waals surface area contributed by atoms with Gasteiger partial charge in [0, 0.05) is 19.2 Å². The Kier molecular flexibility index (Phi) is 8.12. The maximum Gasteiger partial charge on any atom is 0.331 e. The molecule has 0 bridgehead atoms. The summed E-state index contributed by atoms with van der Waals surface area (Å²) in [5.41, 5.74) is 2.67. The molecule has 0 aromatic heterocycles. The Morgan fingerprint density at radius 2 is 1.55 bits per heavy atom. The molecule has 0 saturated carbocycles. The Bertz CT molecular complexity index is 1020. The molecule has 0 N–H and O–H groups in total. The molecule has 3 aromatic carbocycles. The fourth-order valence-corrected chi connectivity index (χ4v) is 3.05. The van der Waals surface area contributed by atoms with E-state index in [9.17, 15) is 14.0 Å². The first-order valence-electron chi connectivity index (χ1n) is 10.1. The molecule has 0 spiro atoms. The standard InChI is InChI=1S/C26H24FNO3/c27-24-13-7-12-22(18-24)14-15-26(30)31-20-25(29)28(19-23-10-5-2-6-11-23)17-16-21-8-3-1-4-9-21/h1-15,18H,16-17,19-20H2/b15-14+. The van der Waals surface area contributed by atoms with E-state index >= 15 is 0 Å². The van der Waals surface area contributed by atoms with Crippen molar-refractivity contribution in [2.75, 3.05) is 13.2 Å². The van der Waals surface area contributed by atoms with Crippen molar-refractivity contribution in [3.63, 3.8) is 0 Å². The highest BCUT2D eigenvalue weighted by molar-refractivity contribution is 5.89. The number of amides is 1. The minimum absolute atomic E-state index is 0.271. The van der Waals surface area contributed by atoms with Gasteiger partial charge in [0.05, 0.1) is 0 Å². The molecule has 1 amide bonds. The highest BCUT2D eigenvalue weighted by Crippen LogP contribution is 2.09. The van der Waals surface area contributed by atoms with Gasteiger partial charge in [0.2, 0.25) is 0 Å². The largest absolute Gasteiger partial charge is 0.452 e. The average Bonchev–Trinajstić information content (AvgIpc) is 2.80. The fraction of sp³-hybridized carbons (Fsp3) is 0.154. The van der Waals surface area contributed by atoms with Gasteiger partial charge in [-0.05, 0) is 41.3 Å². The zero-order valence-corrected chi connectivity index (χ0v) is 17.1. The maximum atomic E-state index is 13.2. The number of benzene rings is 3. The topological polar surface area (TPSA) is 46.6 Å². The van der Waals surface area contributed by atoms with Crippen molar-refractivity contribution < 1.29 is 18.7 Å². The van der Waals surface area contributed by atoms with Gasteiger partial charge >= 0.3 is 5.97 Å². The molecule has 0 aliphatic rings. The molecule has 3 aromatic rings. The first-order chi connectivity index (χ1) is 15.1. The van der Waals surface area contributed by atoms with Crippen LogP contribution >= 0.6 is 0 Å². The van der Waals surface area contributed by atoms with E-state index in [4.69, 9.17) is 4.74 Å². The molecule has 0 saturated heterocycles. The number of ether oxygens (including phenoxy) is 1. The van der Waals surface area contributed by atoms with Crippen LogP contribution in [0, 0.1) is 5.82 Å². The normalized spacial score (nSPS) is 10.7. The van der Waals surface area contributed by atoms with Gasteiger partial charge in [-0.2, -0.15) is 0 Å². The molecular weight excluding hydrogens is 393 g/mol. The highest BCUT2D eigenvalue weighted by atomic mass is 19.1. The second kappa shape index (κ2) is 11.5. The van der Waals surface area contributed by atoms with Crippen molar-refractivity contribution in [1.82, 2.24) is 4.90 Å². The SMILES string of the molecule is O=C(/C=C/c1cccc(F)c1)OCC(=O)N(CCc1ccccc1)Cc1ccccc1. The number of nitrogens with zero attached hydrogens (tertiary/aromatic N) is 1. The van der Waals surface area contributed by atoms with Gasteiger partial charge in [-0.15, -0.1) is 0 Å². The zero-order chi connectivity index (χ0) is 21.9. The lowest BCUT2D eigenvalue weighted by Crippen LogP contribution is -2.35. The second-order valence-corrected chi connectivity index (χ2v) is 7.03. The Balaban J connectivity index is 1.58. The first-order valence-corrected chi connectivity index (χ1v) is 10.1. The Labute approximate surface area is 181 Å². The summed E-state index contributed by atoms with van der Waals surface area (Å²) in [4.78, 5) is 26.4. The van der Waals surface area contributed by atoms with E-state index in [2.05, 4.69) is 0 Å². The molecule has 0 unspecified atom stereocenters. The monoisotopic (exact) mass is 417 g/mol. The maximum absolute atomic E-state index is 13.2. The summed E-state index contributed by atoms with van der Waals surface area (Å²) in [6.07, 6.45) is 3.34. The lowest BCUT2D eigenvalue weighted by molar-refractivity contribution is -0.148. The van der Waals surface area contributed by atoms with Crippen LogP contribution in [-0.4, -0.2) is 29.9 Å². The molecule has 0 fully saturated rings. The molecule has 4 nitrogen and oxygen atoms in total. The van der Waals surface area contributed by atoms with Crippen LogP contribution in [0.4, 0.5) is 4.39 Å². The molecule has 0 heterocycles. The van der Waals surface area contributed by atoms with Crippen LogP contribution in [0.5, 0.6) is 0 Å². The third-order valence-electron chi connectivity index (χ3n) is 4.68. The number of carbonyl (C=O) groups excluding carboxylic acids is 2. The number of hydrogen-bond acceptors (Lipinski definition) is 3. The number of halogens is 1. The van der Waals surface area contributed by atoms with Crippen LogP contribution in [0.2, 0.25) is 0 Å². The van der Waals surface area contributed by atoms with Crippen molar-refractivity contribution in [3.8, 4) is 0 Å². The van der Waals surface area contributed by atoms with Gasteiger partial charge < -0.3 is 9.64 Å². The summed E-state index contributed by atoms with van der Waals surface area (Å²) >= 11 is 0. The Morgan fingerprint density at radius 1 is 0.871 bits per heavy atom. The van der Waals surface area contributed by atoms with Gasteiger partial charge in [0.25, 0.3) is 5.91 Å². The van der Waals surface area contributed by atoms with Gasteiger partial charge in [0.15, 0.2) is 6.61 Å². The molecule has 158 valence electrons. The minimum atomic E-state index is -0.652. The molecule has 0 radical (unpaired) electrons. The second-order valence-electron chi connectivity index (χ2n) is 7.03. The molecule has 0 atom stereocenters. The molecular formula is C26H24FNO3. The molecule has 5 heteroatoms. The lowest BCUT2D eigenvalue weighted by Gasteiger charge is -2.23. The van der Waals surface area contributed by atoms with Gasteiger partial charge in [-0.3, -0.25) is 4.79 Å². The Hall–Kier alpha value is -3.73. The summed E-state index contributed by atoms with van der Waals surface area (Å²) in [5.74, 6) is -1.31. The summed E-state index contributed by atoms with van der Waals surface area (Å²) in [6.45, 7) is 0.589. The lowest BCUT2D eigenvalue weighted by atomic mass is 10.1.